The van der Waals surface area contributed by atoms with Crippen molar-refractivity contribution in [2.75, 3.05) is 10.6 Å². The van der Waals surface area contributed by atoms with E-state index in [1.807, 2.05) is 0 Å². The van der Waals surface area contributed by atoms with Gasteiger partial charge in [-0.25, -0.2) is 18.0 Å². The molecule has 2 aromatic carbocycles. The first-order valence-electron chi connectivity index (χ1n) is 7.99. The lowest BCUT2D eigenvalue weighted by molar-refractivity contribution is -0.140. The van der Waals surface area contributed by atoms with E-state index < -0.39 is 40.9 Å². The first-order valence-corrected chi connectivity index (χ1v) is 7.99. The van der Waals surface area contributed by atoms with E-state index >= 15 is 0 Å². The molecule has 0 aliphatic heterocycles. The Morgan fingerprint density at radius 3 is 2.17 bits per heavy atom. The average molecular weight is 414 g/mol. The van der Waals surface area contributed by atoms with Crippen molar-refractivity contribution in [3.05, 3.63) is 65.6 Å². The van der Waals surface area contributed by atoms with Gasteiger partial charge in [-0.3, -0.25) is 10.00 Å². The minimum Gasteiger partial charge on any atom is -0.305 e. The summed E-state index contributed by atoms with van der Waals surface area (Å²) in [4.78, 5) is 12.2. The molecule has 0 aliphatic carbocycles. The van der Waals surface area contributed by atoms with Crippen LogP contribution in [0.15, 0.2) is 42.5 Å². The van der Waals surface area contributed by atoms with Crippen LogP contribution in [0.4, 0.5) is 42.6 Å². The molecule has 0 saturated carbocycles. The van der Waals surface area contributed by atoms with E-state index in [1.165, 1.54) is 0 Å². The lowest BCUT2D eigenvalue weighted by atomic mass is 10.0. The maximum Gasteiger partial charge on any atom is 0.435 e. The van der Waals surface area contributed by atoms with Crippen molar-refractivity contribution in [3.8, 4) is 11.1 Å². The number of hydrogen-bond acceptors (Lipinski definition) is 2. The molecule has 0 fully saturated rings. The lowest BCUT2D eigenvalue weighted by Crippen LogP contribution is -2.22. The first-order chi connectivity index (χ1) is 13.6. The Balaban J connectivity index is 1.99. The van der Waals surface area contributed by atoms with E-state index in [-0.39, 0.29) is 17.1 Å². The third kappa shape index (κ3) is 4.33. The molecule has 2 amide bonds. The zero-order valence-electron chi connectivity index (χ0n) is 14.6. The number of aryl methyl sites for hydroxylation is 1. The van der Waals surface area contributed by atoms with Crippen LogP contribution < -0.4 is 10.6 Å². The van der Waals surface area contributed by atoms with Gasteiger partial charge in [0.25, 0.3) is 0 Å². The van der Waals surface area contributed by atoms with Gasteiger partial charge in [-0.05, 0) is 29.8 Å². The Hall–Kier alpha value is -3.50. The highest BCUT2D eigenvalue weighted by Gasteiger charge is 2.39. The van der Waals surface area contributed by atoms with Crippen LogP contribution in [-0.4, -0.2) is 15.8 Å². The fourth-order valence-electron chi connectivity index (χ4n) is 2.61. The van der Waals surface area contributed by atoms with Crippen molar-refractivity contribution >= 4 is 17.5 Å². The fourth-order valence-corrected chi connectivity index (χ4v) is 2.61. The van der Waals surface area contributed by atoms with Gasteiger partial charge in [0, 0.05) is 13.1 Å². The summed E-state index contributed by atoms with van der Waals surface area (Å²) in [6.45, 7) is 0. The topological polar surface area (TPSA) is 59.0 Å². The van der Waals surface area contributed by atoms with Crippen molar-refractivity contribution in [2.45, 2.75) is 6.18 Å². The van der Waals surface area contributed by atoms with Crippen LogP contribution >= 0.6 is 0 Å². The third-order valence-electron chi connectivity index (χ3n) is 3.86. The van der Waals surface area contributed by atoms with Crippen molar-refractivity contribution in [2.24, 2.45) is 7.05 Å². The molecule has 0 bridgehead atoms. The Bertz CT molecular complexity index is 1060. The summed E-state index contributed by atoms with van der Waals surface area (Å²) in [7, 11) is 1.16. The number of benzene rings is 2. The van der Waals surface area contributed by atoms with Crippen LogP contribution in [0.3, 0.4) is 0 Å². The summed E-state index contributed by atoms with van der Waals surface area (Å²) in [5, 5.41) is 7.65. The largest absolute Gasteiger partial charge is 0.435 e. The van der Waals surface area contributed by atoms with Crippen LogP contribution in [0.2, 0.25) is 0 Å². The third-order valence-corrected chi connectivity index (χ3v) is 3.86. The number of carbonyl (C=O) groups is 1. The van der Waals surface area contributed by atoms with E-state index in [1.54, 1.807) is 0 Å². The summed E-state index contributed by atoms with van der Waals surface area (Å²) >= 11 is 0. The zero-order valence-corrected chi connectivity index (χ0v) is 14.6. The maximum atomic E-state index is 13.7. The van der Waals surface area contributed by atoms with E-state index in [9.17, 15) is 31.1 Å². The predicted molar refractivity (Wildman–Crippen MR) is 92.6 cm³/mol. The number of halogens is 6. The molecule has 29 heavy (non-hydrogen) atoms. The molecule has 0 saturated heterocycles. The van der Waals surface area contributed by atoms with Gasteiger partial charge in [0.1, 0.15) is 23.3 Å². The molecule has 1 heterocycles. The number of anilines is 2. The Morgan fingerprint density at radius 1 is 0.966 bits per heavy atom. The fraction of sp³-hybridized carbons (Fsp3) is 0.111. The summed E-state index contributed by atoms with van der Waals surface area (Å²) in [6, 6.07) is 5.42. The number of nitrogens with zero attached hydrogens (tertiary/aromatic N) is 2. The van der Waals surface area contributed by atoms with Gasteiger partial charge in [-0.2, -0.15) is 18.3 Å². The second-order valence-electron chi connectivity index (χ2n) is 5.90. The summed E-state index contributed by atoms with van der Waals surface area (Å²) in [6.07, 6.45) is -4.86. The number of aromatic nitrogens is 2. The molecule has 0 radical (unpaired) electrons. The Kier molecular flexibility index (Phi) is 5.23. The molecule has 5 nitrogen and oxygen atoms in total. The van der Waals surface area contributed by atoms with Gasteiger partial charge in [0.05, 0.1) is 11.3 Å². The smallest absolute Gasteiger partial charge is 0.305 e. The zero-order chi connectivity index (χ0) is 21.3. The molecule has 0 atom stereocenters. The highest BCUT2D eigenvalue weighted by atomic mass is 19.4. The highest BCUT2D eigenvalue weighted by molar-refractivity contribution is 6.02. The van der Waals surface area contributed by atoms with Gasteiger partial charge < -0.3 is 5.32 Å². The van der Waals surface area contributed by atoms with Gasteiger partial charge in [0.15, 0.2) is 5.69 Å². The number of alkyl halides is 3. The number of amides is 2. The van der Waals surface area contributed by atoms with Crippen LogP contribution in [0.25, 0.3) is 11.1 Å². The standard InChI is InChI=1S/C18H12F6N4O/c1-28-16(26-17(29)25-13-7-6-11(20)8-12(13)21)14(15(27-28)18(22,23)24)9-2-4-10(19)5-3-9/h2-8H,1H3,(H2,25,26,29). The van der Waals surface area contributed by atoms with Gasteiger partial charge in [-0.15, -0.1) is 0 Å². The predicted octanol–water partition coefficient (Wildman–Crippen LogP) is 5.17. The van der Waals surface area contributed by atoms with E-state index in [2.05, 4.69) is 15.7 Å². The molecule has 0 aliphatic rings. The molecule has 2 N–H and O–H groups in total. The SMILES string of the molecule is Cn1nc(C(F)(F)F)c(-c2ccc(F)cc2)c1NC(=O)Nc1ccc(F)cc1F. The Morgan fingerprint density at radius 2 is 1.59 bits per heavy atom. The maximum absolute atomic E-state index is 13.7. The normalized spacial score (nSPS) is 11.4. The van der Waals surface area contributed by atoms with Crippen molar-refractivity contribution in [3.63, 3.8) is 0 Å². The minimum absolute atomic E-state index is 0.0462. The van der Waals surface area contributed by atoms with Crippen LogP contribution in [0, 0.1) is 17.5 Å². The minimum atomic E-state index is -4.86. The first kappa shape index (κ1) is 20.2. The molecule has 3 aromatic rings. The van der Waals surface area contributed by atoms with Crippen LogP contribution in [0.5, 0.6) is 0 Å². The van der Waals surface area contributed by atoms with Crippen LogP contribution in [-0.2, 0) is 13.2 Å². The summed E-state index contributed by atoms with van der Waals surface area (Å²) < 4.78 is 80.9. The molecule has 11 heteroatoms. The van der Waals surface area contributed by atoms with E-state index in [4.69, 9.17) is 0 Å². The van der Waals surface area contributed by atoms with Gasteiger partial charge in [0.2, 0.25) is 0 Å². The molecule has 0 unspecified atom stereocenters. The van der Waals surface area contributed by atoms with Crippen molar-refractivity contribution < 1.29 is 31.1 Å². The molecule has 1 aromatic heterocycles. The van der Waals surface area contributed by atoms with E-state index in [0.717, 1.165) is 48.1 Å². The molecular formula is C18H12F6N4O. The second-order valence-corrected chi connectivity index (χ2v) is 5.90. The quantitative estimate of drug-likeness (QED) is 0.581. The van der Waals surface area contributed by atoms with Crippen molar-refractivity contribution in [1.29, 1.82) is 0 Å². The van der Waals surface area contributed by atoms with Gasteiger partial charge >= 0.3 is 12.2 Å². The number of urea groups is 1. The van der Waals surface area contributed by atoms with E-state index in [0.29, 0.717) is 6.07 Å². The molecule has 0 spiro atoms. The number of hydrogen-bond donors (Lipinski definition) is 2. The van der Waals surface area contributed by atoms with Crippen molar-refractivity contribution in [1.82, 2.24) is 9.78 Å². The summed E-state index contributed by atoms with van der Waals surface area (Å²) in [5.74, 6) is -2.96. The number of nitrogens with one attached hydrogen (secondary N) is 2. The number of rotatable bonds is 3. The molecular weight excluding hydrogens is 402 g/mol. The van der Waals surface area contributed by atoms with Crippen LogP contribution in [0.1, 0.15) is 5.69 Å². The molecule has 152 valence electrons. The summed E-state index contributed by atoms with van der Waals surface area (Å²) in [5.41, 5.74) is -2.22. The number of carbonyl (C=O) groups excluding carboxylic acids is 1. The molecule has 3 rings (SSSR count). The van der Waals surface area contributed by atoms with Gasteiger partial charge in [-0.1, -0.05) is 12.1 Å². The Labute approximate surface area is 160 Å². The average Bonchev–Trinajstić information content (AvgIpc) is 2.95. The monoisotopic (exact) mass is 414 g/mol. The lowest BCUT2D eigenvalue weighted by Gasteiger charge is -2.12. The highest BCUT2D eigenvalue weighted by Crippen LogP contribution is 2.40. The second kappa shape index (κ2) is 7.49.